The van der Waals surface area contributed by atoms with Crippen LogP contribution >= 0.6 is 0 Å². The summed E-state index contributed by atoms with van der Waals surface area (Å²) < 4.78 is 30.4. The maximum atomic E-state index is 12.3. The molecule has 2 heterocycles. The Kier molecular flexibility index (Phi) is 4.26. The van der Waals surface area contributed by atoms with Gasteiger partial charge in [0.25, 0.3) is 0 Å². The molecule has 0 atom stereocenters. The molecular formula is C15H17N5O2S. The van der Waals surface area contributed by atoms with Crippen LogP contribution in [0.5, 0.6) is 0 Å². The summed E-state index contributed by atoms with van der Waals surface area (Å²) in [5.74, 6) is 0. The van der Waals surface area contributed by atoms with Crippen molar-refractivity contribution in [3.8, 4) is 0 Å². The van der Waals surface area contributed by atoms with E-state index in [0.29, 0.717) is 6.54 Å². The van der Waals surface area contributed by atoms with Gasteiger partial charge in [-0.1, -0.05) is 30.3 Å². The van der Waals surface area contributed by atoms with Gasteiger partial charge in [-0.05, 0) is 11.6 Å². The molecule has 0 spiro atoms. The molecule has 0 unspecified atom stereocenters. The van der Waals surface area contributed by atoms with Crippen molar-refractivity contribution < 1.29 is 8.42 Å². The fourth-order valence-electron chi connectivity index (χ4n) is 2.17. The molecule has 0 aliphatic rings. The van der Waals surface area contributed by atoms with E-state index in [2.05, 4.69) is 14.9 Å². The average molecular weight is 331 g/mol. The molecular weight excluding hydrogens is 314 g/mol. The number of hydrogen-bond acceptors (Lipinski definition) is 4. The predicted molar refractivity (Wildman–Crippen MR) is 85.0 cm³/mol. The fraction of sp³-hybridized carbons (Fsp3) is 0.200. The zero-order chi connectivity index (χ0) is 16.3. The molecule has 2 aromatic heterocycles. The molecule has 0 saturated heterocycles. The summed E-state index contributed by atoms with van der Waals surface area (Å²) in [6.07, 6.45) is 4.51. The first-order chi connectivity index (χ1) is 11.0. The van der Waals surface area contributed by atoms with Gasteiger partial charge < -0.3 is 0 Å². The van der Waals surface area contributed by atoms with Gasteiger partial charge in [0.15, 0.2) is 0 Å². The number of sulfonamides is 1. The van der Waals surface area contributed by atoms with Gasteiger partial charge in [0.1, 0.15) is 4.90 Å². The van der Waals surface area contributed by atoms with Crippen LogP contribution in [0.4, 0.5) is 0 Å². The minimum absolute atomic E-state index is 0.149. The second-order valence-electron chi connectivity index (χ2n) is 5.13. The number of aromatic nitrogens is 4. The number of rotatable bonds is 6. The van der Waals surface area contributed by atoms with Gasteiger partial charge in [-0.2, -0.15) is 10.2 Å². The lowest BCUT2D eigenvalue weighted by molar-refractivity contribution is 0.577. The Balaban J connectivity index is 1.70. The molecule has 1 aromatic carbocycles. The zero-order valence-electron chi connectivity index (χ0n) is 12.6. The summed E-state index contributed by atoms with van der Waals surface area (Å²) in [5.41, 5.74) is 1.84. The van der Waals surface area contributed by atoms with E-state index < -0.39 is 10.0 Å². The van der Waals surface area contributed by atoms with E-state index in [1.54, 1.807) is 28.7 Å². The van der Waals surface area contributed by atoms with Crippen LogP contribution in [-0.4, -0.2) is 28.0 Å². The van der Waals surface area contributed by atoms with Gasteiger partial charge in [0, 0.05) is 19.4 Å². The molecule has 0 aliphatic heterocycles. The summed E-state index contributed by atoms with van der Waals surface area (Å²) in [4.78, 5) is 0.149. The molecule has 120 valence electrons. The molecule has 0 amide bonds. The molecule has 0 aliphatic carbocycles. The Bertz CT molecular complexity index is 884. The maximum Gasteiger partial charge on any atom is 0.244 e. The smallest absolute Gasteiger partial charge is 0.244 e. The van der Waals surface area contributed by atoms with E-state index in [1.165, 1.54) is 12.4 Å². The lowest BCUT2D eigenvalue weighted by Crippen LogP contribution is -2.24. The van der Waals surface area contributed by atoms with E-state index in [0.717, 1.165) is 11.3 Å². The van der Waals surface area contributed by atoms with E-state index in [-0.39, 0.29) is 11.4 Å². The predicted octanol–water partition coefficient (Wildman–Crippen LogP) is 1.14. The number of nitrogens with one attached hydrogen (secondary N) is 1. The van der Waals surface area contributed by atoms with Crippen molar-refractivity contribution in [3.63, 3.8) is 0 Å². The summed E-state index contributed by atoms with van der Waals surface area (Å²) in [5, 5.41) is 8.13. The zero-order valence-corrected chi connectivity index (χ0v) is 13.4. The SMILES string of the molecule is Cn1nccc1CNS(=O)(=O)c1cnn(Cc2ccccc2)c1. The number of aryl methyl sites for hydroxylation is 1. The van der Waals surface area contributed by atoms with Gasteiger partial charge in [0.05, 0.1) is 25.0 Å². The van der Waals surface area contributed by atoms with Gasteiger partial charge in [0.2, 0.25) is 10.0 Å². The van der Waals surface area contributed by atoms with Gasteiger partial charge >= 0.3 is 0 Å². The number of benzene rings is 1. The first kappa shape index (κ1) is 15.4. The molecule has 7 nitrogen and oxygen atoms in total. The fourth-order valence-corrected chi connectivity index (χ4v) is 3.12. The average Bonchev–Trinajstić information content (AvgIpc) is 3.16. The highest BCUT2D eigenvalue weighted by molar-refractivity contribution is 7.89. The minimum atomic E-state index is -3.60. The van der Waals surface area contributed by atoms with Crippen LogP contribution in [0.2, 0.25) is 0 Å². The van der Waals surface area contributed by atoms with Crippen LogP contribution in [-0.2, 0) is 30.2 Å². The summed E-state index contributed by atoms with van der Waals surface area (Å²) >= 11 is 0. The number of hydrogen-bond donors (Lipinski definition) is 1. The Labute approximate surface area is 134 Å². The Morgan fingerprint density at radius 3 is 2.61 bits per heavy atom. The molecule has 8 heteroatoms. The standard InChI is InChI=1S/C15H17N5O2S/c1-19-14(7-8-16-19)9-18-23(21,22)15-10-17-20(12-15)11-13-5-3-2-4-6-13/h2-8,10,12,18H,9,11H2,1H3. The molecule has 23 heavy (non-hydrogen) atoms. The lowest BCUT2D eigenvalue weighted by Gasteiger charge is -2.05. The van der Waals surface area contributed by atoms with E-state index >= 15 is 0 Å². The third kappa shape index (κ3) is 3.66. The van der Waals surface area contributed by atoms with E-state index in [1.807, 2.05) is 30.3 Å². The largest absolute Gasteiger partial charge is 0.271 e. The molecule has 3 rings (SSSR count). The van der Waals surface area contributed by atoms with Crippen LogP contribution in [0, 0.1) is 0 Å². The third-order valence-corrected chi connectivity index (χ3v) is 4.83. The molecule has 0 saturated carbocycles. The number of nitrogens with zero attached hydrogens (tertiary/aromatic N) is 4. The second kappa shape index (κ2) is 6.35. The van der Waals surface area contributed by atoms with Crippen molar-refractivity contribution in [3.05, 3.63) is 66.2 Å². The highest BCUT2D eigenvalue weighted by Crippen LogP contribution is 2.10. The summed E-state index contributed by atoms with van der Waals surface area (Å²) in [7, 11) is -1.83. The molecule has 3 aromatic rings. The van der Waals surface area contributed by atoms with Crippen molar-refractivity contribution in [2.75, 3.05) is 0 Å². The van der Waals surface area contributed by atoms with E-state index in [9.17, 15) is 8.42 Å². The Morgan fingerprint density at radius 2 is 1.91 bits per heavy atom. The van der Waals surface area contributed by atoms with Crippen LogP contribution in [0.1, 0.15) is 11.3 Å². The summed E-state index contributed by atoms with van der Waals surface area (Å²) in [6.45, 7) is 0.709. The van der Waals surface area contributed by atoms with Crippen molar-refractivity contribution in [1.29, 1.82) is 0 Å². The van der Waals surface area contributed by atoms with Crippen LogP contribution in [0.25, 0.3) is 0 Å². The molecule has 0 fully saturated rings. The van der Waals surface area contributed by atoms with Crippen molar-refractivity contribution >= 4 is 10.0 Å². The van der Waals surface area contributed by atoms with Crippen molar-refractivity contribution in [2.45, 2.75) is 18.0 Å². The monoisotopic (exact) mass is 331 g/mol. The summed E-state index contributed by atoms with van der Waals surface area (Å²) in [6, 6.07) is 11.5. The normalized spacial score (nSPS) is 11.7. The first-order valence-electron chi connectivity index (χ1n) is 7.07. The van der Waals surface area contributed by atoms with Gasteiger partial charge in [-0.3, -0.25) is 9.36 Å². The maximum absolute atomic E-state index is 12.3. The lowest BCUT2D eigenvalue weighted by atomic mass is 10.2. The van der Waals surface area contributed by atoms with Crippen molar-refractivity contribution in [1.82, 2.24) is 24.3 Å². The molecule has 1 N–H and O–H groups in total. The van der Waals surface area contributed by atoms with Crippen LogP contribution < -0.4 is 4.72 Å². The van der Waals surface area contributed by atoms with Crippen LogP contribution in [0.15, 0.2) is 59.9 Å². The topological polar surface area (TPSA) is 81.8 Å². The highest BCUT2D eigenvalue weighted by Gasteiger charge is 2.17. The second-order valence-corrected chi connectivity index (χ2v) is 6.90. The van der Waals surface area contributed by atoms with Gasteiger partial charge in [-0.15, -0.1) is 0 Å². The van der Waals surface area contributed by atoms with E-state index in [4.69, 9.17) is 0 Å². The van der Waals surface area contributed by atoms with Crippen LogP contribution in [0.3, 0.4) is 0 Å². The molecule has 0 radical (unpaired) electrons. The third-order valence-electron chi connectivity index (χ3n) is 3.47. The first-order valence-corrected chi connectivity index (χ1v) is 8.56. The van der Waals surface area contributed by atoms with Crippen molar-refractivity contribution in [2.24, 2.45) is 7.05 Å². The Morgan fingerprint density at radius 1 is 1.13 bits per heavy atom. The minimum Gasteiger partial charge on any atom is -0.271 e. The quantitative estimate of drug-likeness (QED) is 0.734. The highest BCUT2D eigenvalue weighted by atomic mass is 32.2. The molecule has 0 bridgehead atoms. The Hall–Kier alpha value is -2.45. The van der Waals surface area contributed by atoms with Gasteiger partial charge in [-0.25, -0.2) is 13.1 Å².